The highest BCUT2D eigenvalue weighted by Gasteiger charge is 2.26. The van der Waals surface area contributed by atoms with E-state index < -0.39 is 0 Å². The van der Waals surface area contributed by atoms with Gasteiger partial charge in [0.1, 0.15) is 5.82 Å². The van der Waals surface area contributed by atoms with Crippen LogP contribution in [0.5, 0.6) is 0 Å². The summed E-state index contributed by atoms with van der Waals surface area (Å²) in [7, 11) is 0. The van der Waals surface area contributed by atoms with Gasteiger partial charge in [0.2, 0.25) is 0 Å². The Morgan fingerprint density at radius 2 is 1.92 bits per heavy atom. The first-order valence-corrected chi connectivity index (χ1v) is 8.91. The molecule has 3 unspecified atom stereocenters. The number of nitrogens with zero attached hydrogens (tertiary/aromatic N) is 3. The van der Waals surface area contributed by atoms with Crippen LogP contribution in [-0.2, 0) is 4.74 Å². The molecule has 140 valence electrons. The van der Waals surface area contributed by atoms with Gasteiger partial charge in [-0.25, -0.2) is 9.07 Å². The van der Waals surface area contributed by atoms with Crippen molar-refractivity contribution in [1.29, 1.82) is 0 Å². The van der Waals surface area contributed by atoms with E-state index in [0.29, 0.717) is 17.9 Å². The Balaban J connectivity index is 1.56. The van der Waals surface area contributed by atoms with Crippen molar-refractivity contribution in [3.05, 3.63) is 48.0 Å². The second-order valence-electron chi connectivity index (χ2n) is 6.89. The van der Waals surface area contributed by atoms with Crippen molar-refractivity contribution in [2.45, 2.75) is 39.0 Å². The van der Waals surface area contributed by atoms with Gasteiger partial charge >= 0.3 is 0 Å². The standard InChI is InChI=1S/C19H25FN4O2/c1-13(23-11-14(2)26-15(3)12-23)10-21-19(25)18-8-9-24(22-18)17-6-4-16(20)5-7-17/h4-9,13-15H,10-12H2,1-3H3,(H,21,25). The molecule has 1 amide bonds. The summed E-state index contributed by atoms with van der Waals surface area (Å²) in [5.74, 6) is -0.522. The predicted molar refractivity (Wildman–Crippen MR) is 96.9 cm³/mol. The maximum absolute atomic E-state index is 13.0. The lowest BCUT2D eigenvalue weighted by molar-refractivity contribution is -0.0778. The van der Waals surface area contributed by atoms with Gasteiger partial charge in [0, 0.05) is 31.9 Å². The molecule has 3 rings (SSSR count). The van der Waals surface area contributed by atoms with Gasteiger partial charge in [0.25, 0.3) is 5.91 Å². The number of carbonyl (C=O) groups excluding carboxylic acids is 1. The van der Waals surface area contributed by atoms with Gasteiger partial charge in [-0.2, -0.15) is 5.10 Å². The third kappa shape index (κ3) is 4.47. The number of benzene rings is 1. The molecule has 6 nitrogen and oxygen atoms in total. The molecule has 1 aromatic heterocycles. The fourth-order valence-corrected chi connectivity index (χ4v) is 3.22. The lowest BCUT2D eigenvalue weighted by atomic mass is 10.1. The van der Waals surface area contributed by atoms with E-state index in [1.54, 1.807) is 29.1 Å². The average Bonchev–Trinajstić information content (AvgIpc) is 3.09. The number of hydrogen-bond acceptors (Lipinski definition) is 4. The molecule has 3 atom stereocenters. The van der Waals surface area contributed by atoms with Crippen LogP contribution >= 0.6 is 0 Å². The third-order valence-corrected chi connectivity index (χ3v) is 4.54. The molecule has 0 aliphatic carbocycles. The van der Waals surface area contributed by atoms with Crippen LogP contribution in [0, 0.1) is 5.82 Å². The Hall–Kier alpha value is -2.25. The molecule has 7 heteroatoms. The first-order valence-electron chi connectivity index (χ1n) is 8.91. The number of aromatic nitrogens is 2. The van der Waals surface area contributed by atoms with Crippen LogP contribution in [0.3, 0.4) is 0 Å². The average molecular weight is 360 g/mol. The first-order chi connectivity index (χ1) is 12.4. The van der Waals surface area contributed by atoms with Gasteiger partial charge < -0.3 is 10.1 Å². The monoisotopic (exact) mass is 360 g/mol. The van der Waals surface area contributed by atoms with Crippen molar-refractivity contribution >= 4 is 5.91 Å². The summed E-state index contributed by atoms with van der Waals surface area (Å²) >= 11 is 0. The van der Waals surface area contributed by atoms with Crippen LogP contribution in [0.4, 0.5) is 4.39 Å². The van der Waals surface area contributed by atoms with E-state index in [4.69, 9.17) is 4.74 Å². The van der Waals surface area contributed by atoms with Crippen molar-refractivity contribution in [1.82, 2.24) is 20.0 Å². The van der Waals surface area contributed by atoms with E-state index in [9.17, 15) is 9.18 Å². The van der Waals surface area contributed by atoms with Crippen molar-refractivity contribution in [3.63, 3.8) is 0 Å². The van der Waals surface area contributed by atoms with Crippen LogP contribution in [0.1, 0.15) is 31.3 Å². The fraction of sp³-hybridized carbons (Fsp3) is 0.474. The number of rotatable bonds is 5. The number of morpholine rings is 1. The second-order valence-corrected chi connectivity index (χ2v) is 6.89. The number of ether oxygens (including phenoxy) is 1. The molecule has 1 fully saturated rings. The number of nitrogens with one attached hydrogen (secondary N) is 1. The molecule has 2 heterocycles. The van der Waals surface area contributed by atoms with E-state index in [2.05, 4.69) is 36.1 Å². The molecule has 0 bridgehead atoms. The van der Waals surface area contributed by atoms with Crippen molar-refractivity contribution in [2.75, 3.05) is 19.6 Å². The summed E-state index contributed by atoms with van der Waals surface area (Å²) in [5.41, 5.74) is 1.04. The number of carbonyl (C=O) groups is 1. The summed E-state index contributed by atoms with van der Waals surface area (Å²) in [6.45, 7) is 8.50. The highest BCUT2D eigenvalue weighted by molar-refractivity contribution is 5.92. The van der Waals surface area contributed by atoms with Crippen LogP contribution in [0.15, 0.2) is 36.5 Å². The zero-order valence-corrected chi connectivity index (χ0v) is 15.4. The highest BCUT2D eigenvalue weighted by atomic mass is 19.1. The molecular formula is C19H25FN4O2. The third-order valence-electron chi connectivity index (χ3n) is 4.54. The minimum Gasteiger partial charge on any atom is -0.373 e. The minimum atomic E-state index is -0.306. The molecule has 0 spiro atoms. The summed E-state index contributed by atoms with van der Waals surface area (Å²) in [6.07, 6.45) is 2.09. The zero-order chi connectivity index (χ0) is 18.7. The number of amides is 1. The first kappa shape index (κ1) is 18.5. The Kier molecular flexibility index (Phi) is 5.68. The molecule has 0 radical (unpaired) electrons. The molecule has 2 aromatic rings. The normalized spacial score (nSPS) is 22.2. The maximum atomic E-state index is 13.0. The smallest absolute Gasteiger partial charge is 0.271 e. The fourth-order valence-electron chi connectivity index (χ4n) is 3.22. The van der Waals surface area contributed by atoms with E-state index in [-0.39, 0.29) is 30.0 Å². The molecule has 1 aromatic carbocycles. The minimum absolute atomic E-state index is 0.198. The highest BCUT2D eigenvalue weighted by Crippen LogP contribution is 2.13. The lowest BCUT2D eigenvalue weighted by Crippen LogP contribution is -2.52. The molecule has 1 aliphatic heterocycles. The molecule has 1 aliphatic rings. The van der Waals surface area contributed by atoms with E-state index >= 15 is 0 Å². The largest absolute Gasteiger partial charge is 0.373 e. The van der Waals surface area contributed by atoms with Crippen molar-refractivity contribution in [2.24, 2.45) is 0 Å². The summed E-state index contributed by atoms with van der Waals surface area (Å²) in [6, 6.07) is 7.83. The zero-order valence-electron chi connectivity index (χ0n) is 15.4. The summed E-state index contributed by atoms with van der Waals surface area (Å²) in [4.78, 5) is 14.7. The molecule has 1 saturated heterocycles. The topological polar surface area (TPSA) is 59.4 Å². The maximum Gasteiger partial charge on any atom is 0.271 e. The van der Waals surface area contributed by atoms with Crippen LogP contribution < -0.4 is 5.32 Å². The van der Waals surface area contributed by atoms with Crippen LogP contribution in [0.2, 0.25) is 0 Å². The van der Waals surface area contributed by atoms with Gasteiger partial charge in [-0.3, -0.25) is 9.69 Å². The van der Waals surface area contributed by atoms with Gasteiger partial charge in [-0.1, -0.05) is 0 Å². The quantitative estimate of drug-likeness (QED) is 0.888. The number of halogens is 1. The lowest BCUT2D eigenvalue weighted by Gasteiger charge is -2.38. The van der Waals surface area contributed by atoms with Crippen LogP contribution in [-0.4, -0.2) is 58.5 Å². The molecular weight excluding hydrogens is 335 g/mol. The van der Waals surface area contributed by atoms with Crippen molar-refractivity contribution in [3.8, 4) is 5.69 Å². The van der Waals surface area contributed by atoms with Crippen LogP contribution in [0.25, 0.3) is 5.69 Å². The Morgan fingerprint density at radius 3 is 2.58 bits per heavy atom. The second kappa shape index (κ2) is 7.97. The Labute approximate surface area is 152 Å². The van der Waals surface area contributed by atoms with E-state index in [0.717, 1.165) is 13.1 Å². The Morgan fingerprint density at radius 1 is 1.27 bits per heavy atom. The molecule has 26 heavy (non-hydrogen) atoms. The number of hydrogen-bond donors (Lipinski definition) is 1. The van der Waals surface area contributed by atoms with Gasteiger partial charge in [-0.15, -0.1) is 0 Å². The summed E-state index contributed by atoms with van der Waals surface area (Å²) < 4.78 is 20.3. The SMILES string of the molecule is CC1CN(C(C)CNC(=O)c2ccn(-c3ccc(F)cc3)n2)CC(C)O1. The van der Waals surface area contributed by atoms with E-state index in [1.165, 1.54) is 12.1 Å². The van der Waals surface area contributed by atoms with E-state index in [1.807, 2.05) is 0 Å². The summed E-state index contributed by atoms with van der Waals surface area (Å²) in [5, 5.41) is 7.22. The Bertz CT molecular complexity index is 736. The molecule has 1 N–H and O–H groups in total. The van der Waals surface area contributed by atoms with Gasteiger partial charge in [0.05, 0.1) is 17.9 Å². The van der Waals surface area contributed by atoms with Gasteiger partial charge in [0.15, 0.2) is 5.69 Å². The van der Waals surface area contributed by atoms with Crippen molar-refractivity contribution < 1.29 is 13.9 Å². The predicted octanol–water partition coefficient (Wildman–Crippen LogP) is 2.24. The van der Waals surface area contributed by atoms with Gasteiger partial charge in [-0.05, 0) is 51.1 Å². The molecule has 0 saturated carbocycles.